The van der Waals surface area contributed by atoms with Crippen LogP contribution >= 0.6 is 11.6 Å². The van der Waals surface area contributed by atoms with Gasteiger partial charge in [-0.1, -0.05) is 48.6 Å². The van der Waals surface area contributed by atoms with Gasteiger partial charge in [-0.3, -0.25) is 4.79 Å². The first-order valence-electron chi connectivity index (χ1n) is 9.33. The molecule has 2 aromatic carbocycles. The van der Waals surface area contributed by atoms with Crippen LogP contribution in [0.25, 0.3) is 0 Å². The average molecular weight is 446 g/mol. The van der Waals surface area contributed by atoms with Gasteiger partial charge in [0, 0.05) is 6.07 Å². The first kappa shape index (κ1) is 21.8. The number of carbonyl (C=O) groups excluding carboxylic acids is 1. The first-order chi connectivity index (χ1) is 14.2. The molecular weight excluding hydrogens is 422 g/mol. The number of hydrogen-bond donors (Lipinski definition) is 1. The molecule has 8 heteroatoms. The smallest absolute Gasteiger partial charge is 0.291 e. The second-order valence-electron chi connectivity index (χ2n) is 7.61. The van der Waals surface area contributed by atoms with Crippen molar-refractivity contribution in [2.24, 2.45) is 0 Å². The molecular formula is C22H24ClNO5Si. The van der Waals surface area contributed by atoms with Crippen LogP contribution in [-0.2, 0) is 0 Å². The summed E-state index contributed by atoms with van der Waals surface area (Å²) in [6.45, 7) is 6.71. The van der Waals surface area contributed by atoms with Crippen LogP contribution in [0.1, 0.15) is 10.6 Å². The van der Waals surface area contributed by atoms with Gasteiger partial charge >= 0.3 is 0 Å². The minimum Gasteiger partial charge on any atom is -0.494 e. The molecule has 0 aliphatic heterocycles. The maximum atomic E-state index is 12.7. The molecule has 0 aliphatic carbocycles. The lowest BCUT2D eigenvalue weighted by molar-refractivity contribution is 0.0991. The lowest BCUT2D eigenvalue weighted by atomic mass is 10.2. The normalized spacial score (nSPS) is 11.1. The van der Waals surface area contributed by atoms with E-state index in [0.717, 1.165) is 0 Å². The minimum atomic E-state index is -1.54. The van der Waals surface area contributed by atoms with Crippen molar-refractivity contribution in [3.63, 3.8) is 0 Å². The molecule has 0 saturated heterocycles. The zero-order chi connectivity index (χ0) is 21.9. The van der Waals surface area contributed by atoms with E-state index in [4.69, 9.17) is 30.2 Å². The summed E-state index contributed by atoms with van der Waals surface area (Å²) < 4.78 is 22.0. The molecule has 3 rings (SSSR count). The summed E-state index contributed by atoms with van der Waals surface area (Å²) in [7, 11) is 1.49. The maximum absolute atomic E-state index is 12.7. The lowest BCUT2D eigenvalue weighted by Gasteiger charge is -2.17. The van der Waals surface area contributed by atoms with E-state index in [1.807, 2.05) is 18.2 Å². The molecule has 1 heterocycles. The average Bonchev–Trinajstić information content (AvgIpc) is 3.17. The minimum absolute atomic E-state index is 0.0791. The highest BCUT2D eigenvalue weighted by Gasteiger charge is 2.20. The standard InChI is InChI=1S/C22H24ClNO5Si/c1-26-16-7-6-8-17(27-2)21(16)24-22(25)18-11-12-20(28-18)29-19-13-14(30(3,4)5)9-10-15(19)23/h6-13H,1-5H3,(H,24,25). The summed E-state index contributed by atoms with van der Waals surface area (Å²) in [5.41, 5.74) is 0.414. The molecule has 0 bridgehead atoms. The first-order valence-corrected chi connectivity index (χ1v) is 13.2. The van der Waals surface area contributed by atoms with E-state index in [0.29, 0.717) is 28.0 Å². The molecule has 0 saturated carbocycles. The van der Waals surface area contributed by atoms with Crippen molar-refractivity contribution >= 4 is 36.5 Å². The van der Waals surface area contributed by atoms with Crippen LogP contribution in [0.4, 0.5) is 5.69 Å². The number of halogens is 1. The predicted molar refractivity (Wildman–Crippen MR) is 121 cm³/mol. The molecule has 0 radical (unpaired) electrons. The van der Waals surface area contributed by atoms with Gasteiger partial charge in [0.05, 0.1) is 27.3 Å². The second kappa shape index (κ2) is 8.85. The number of furan rings is 1. The van der Waals surface area contributed by atoms with Crippen molar-refractivity contribution in [3.05, 3.63) is 59.3 Å². The molecule has 0 unspecified atom stereocenters. The molecule has 0 spiro atoms. The van der Waals surface area contributed by atoms with Gasteiger partial charge in [0.2, 0.25) is 0 Å². The molecule has 0 fully saturated rings. The molecule has 30 heavy (non-hydrogen) atoms. The Hall–Kier alpha value is -2.90. The van der Waals surface area contributed by atoms with Gasteiger partial charge in [-0.25, -0.2) is 0 Å². The fourth-order valence-corrected chi connectivity index (χ4v) is 4.11. The van der Waals surface area contributed by atoms with E-state index in [2.05, 4.69) is 25.0 Å². The van der Waals surface area contributed by atoms with Crippen LogP contribution in [-0.4, -0.2) is 28.2 Å². The molecule has 0 aliphatic rings. The van der Waals surface area contributed by atoms with E-state index < -0.39 is 14.0 Å². The Labute approximate surface area is 181 Å². The molecule has 3 aromatic rings. The van der Waals surface area contributed by atoms with E-state index in [1.54, 1.807) is 24.3 Å². The van der Waals surface area contributed by atoms with E-state index in [9.17, 15) is 4.79 Å². The number of methoxy groups -OCH3 is 2. The van der Waals surface area contributed by atoms with Gasteiger partial charge in [-0.15, -0.1) is 0 Å². The Morgan fingerprint density at radius 1 is 0.967 bits per heavy atom. The molecule has 1 N–H and O–H groups in total. The zero-order valence-electron chi connectivity index (χ0n) is 17.5. The van der Waals surface area contributed by atoms with Gasteiger partial charge in [-0.2, -0.15) is 0 Å². The third kappa shape index (κ3) is 4.80. The van der Waals surface area contributed by atoms with Gasteiger partial charge in [0.1, 0.15) is 22.9 Å². The van der Waals surface area contributed by atoms with E-state index in [1.165, 1.54) is 25.5 Å². The third-order valence-electron chi connectivity index (χ3n) is 4.48. The van der Waals surface area contributed by atoms with Crippen LogP contribution in [0.15, 0.2) is 52.9 Å². The van der Waals surface area contributed by atoms with Crippen molar-refractivity contribution in [3.8, 4) is 23.2 Å². The van der Waals surface area contributed by atoms with Gasteiger partial charge < -0.3 is 23.9 Å². The maximum Gasteiger partial charge on any atom is 0.291 e. The van der Waals surface area contributed by atoms with Crippen LogP contribution in [0, 0.1) is 0 Å². The number of ether oxygens (including phenoxy) is 3. The topological polar surface area (TPSA) is 69.9 Å². The quantitative estimate of drug-likeness (QED) is 0.483. The number of nitrogens with one attached hydrogen (secondary N) is 1. The number of anilines is 1. The summed E-state index contributed by atoms with van der Waals surface area (Å²) in [5.74, 6) is 1.22. The highest BCUT2D eigenvalue weighted by atomic mass is 35.5. The van der Waals surface area contributed by atoms with Crippen LogP contribution < -0.4 is 24.7 Å². The largest absolute Gasteiger partial charge is 0.494 e. The Bertz CT molecular complexity index is 1040. The fraction of sp³-hybridized carbons (Fsp3) is 0.227. The summed E-state index contributed by atoms with van der Waals surface area (Å²) in [6, 6.07) is 14.1. The number of carbonyl (C=O) groups is 1. The third-order valence-corrected chi connectivity index (χ3v) is 6.83. The van der Waals surface area contributed by atoms with Gasteiger partial charge in [-0.05, 0) is 30.3 Å². The molecule has 1 aromatic heterocycles. The predicted octanol–water partition coefficient (Wildman–Crippen LogP) is 5.54. The Balaban J connectivity index is 1.80. The second-order valence-corrected chi connectivity index (χ2v) is 13.1. The molecule has 0 atom stereocenters. The summed E-state index contributed by atoms with van der Waals surface area (Å²) in [5, 5.41) is 4.43. The Morgan fingerprint density at radius 3 is 2.23 bits per heavy atom. The SMILES string of the molecule is COc1cccc(OC)c1NC(=O)c1ccc(Oc2cc([Si](C)(C)C)ccc2Cl)o1. The Kier molecular flexibility index (Phi) is 6.43. The molecule has 158 valence electrons. The van der Waals surface area contributed by atoms with Crippen LogP contribution in [0.2, 0.25) is 24.7 Å². The monoisotopic (exact) mass is 445 g/mol. The van der Waals surface area contributed by atoms with Crippen molar-refractivity contribution < 1.29 is 23.4 Å². The van der Waals surface area contributed by atoms with Gasteiger partial charge in [0.15, 0.2) is 5.76 Å². The number of amides is 1. The van der Waals surface area contributed by atoms with E-state index >= 15 is 0 Å². The number of benzene rings is 2. The lowest BCUT2D eigenvalue weighted by Crippen LogP contribution is -2.37. The summed E-state index contributed by atoms with van der Waals surface area (Å²) >= 11 is 6.28. The number of hydrogen-bond acceptors (Lipinski definition) is 5. The summed E-state index contributed by atoms with van der Waals surface area (Å²) in [4.78, 5) is 12.7. The molecule has 6 nitrogen and oxygen atoms in total. The number of rotatable bonds is 7. The molecule has 1 amide bonds. The van der Waals surface area contributed by atoms with Crippen molar-refractivity contribution in [1.29, 1.82) is 0 Å². The van der Waals surface area contributed by atoms with Gasteiger partial charge in [0.25, 0.3) is 11.9 Å². The Morgan fingerprint density at radius 2 is 1.63 bits per heavy atom. The highest BCUT2D eigenvalue weighted by Crippen LogP contribution is 2.35. The number of para-hydroxylation sites is 1. The van der Waals surface area contributed by atoms with Crippen molar-refractivity contribution in [2.45, 2.75) is 19.6 Å². The van der Waals surface area contributed by atoms with Crippen LogP contribution in [0.5, 0.6) is 23.2 Å². The summed E-state index contributed by atoms with van der Waals surface area (Å²) in [6.07, 6.45) is 0. The van der Waals surface area contributed by atoms with Crippen molar-refractivity contribution in [2.75, 3.05) is 19.5 Å². The van der Waals surface area contributed by atoms with Crippen LogP contribution in [0.3, 0.4) is 0 Å². The van der Waals surface area contributed by atoms with E-state index in [-0.39, 0.29) is 11.7 Å². The fourth-order valence-electron chi connectivity index (χ4n) is 2.80. The highest BCUT2D eigenvalue weighted by molar-refractivity contribution is 6.88. The van der Waals surface area contributed by atoms with Crippen molar-refractivity contribution in [1.82, 2.24) is 0 Å². The zero-order valence-corrected chi connectivity index (χ0v) is 19.3.